The largest absolute Gasteiger partial charge is 0.417 e. The number of nitrogens with one attached hydrogen (secondary N) is 2. The lowest BCUT2D eigenvalue weighted by atomic mass is 10.1. The number of hydrogen-bond acceptors (Lipinski definition) is 3. The molecule has 3 nitrogen and oxygen atoms in total. The van der Waals surface area contributed by atoms with Gasteiger partial charge in [-0.05, 0) is 12.1 Å². The lowest BCUT2D eigenvalue weighted by molar-refractivity contribution is -0.137. The summed E-state index contributed by atoms with van der Waals surface area (Å²) >= 11 is 3.43. The highest BCUT2D eigenvalue weighted by Gasteiger charge is 2.34. The first-order chi connectivity index (χ1) is 7.32. The predicted molar refractivity (Wildman–Crippen MR) is 56.1 cm³/mol. The fourth-order valence-electron chi connectivity index (χ4n) is 1.08. The van der Waals surface area contributed by atoms with Crippen molar-refractivity contribution in [3.05, 3.63) is 35.4 Å². The first kappa shape index (κ1) is 12.6. The third-order valence-corrected chi connectivity index (χ3v) is 1.77. The molecule has 0 aliphatic rings. The second-order valence-corrected chi connectivity index (χ2v) is 3.19. The molecule has 0 heterocycles. The Labute approximate surface area is 94.7 Å². The summed E-state index contributed by atoms with van der Waals surface area (Å²) in [6, 6.07) is 4.51. The van der Waals surface area contributed by atoms with Crippen LogP contribution in [-0.2, 0) is 10.9 Å². The predicted octanol–water partition coefficient (Wildman–Crippen LogP) is 2.91. The minimum absolute atomic E-state index is 0.422. The average molecular weight is 248 g/mol. The van der Waals surface area contributed by atoms with Gasteiger partial charge < -0.3 is 4.74 Å². The Kier molecular flexibility index (Phi) is 3.58. The SMILES string of the molecule is N=C(S)OC(=N)c1ccccc1C(F)(F)F. The maximum Gasteiger partial charge on any atom is 0.417 e. The Balaban J connectivity index is 3.14. The lowest BCUT2D eigenvalue weighted by Gasteiger charge is -2.12. The molecule has 0 unspecified atom stereocenters. The standard InChI is InChI=1S/C9H7F3N2OS/c10-9(11,12)6-4-2-1-3-5(6)7(13)15-8(14)16/h1-4,13H,(H2,14,16). The van der Waals surface area contributed by atoms with Crippen LogP contribution in [0.25, 0.3) is 0 Å². The monoisotopic (exact) mass is 248 g/mol. The molecule has 1 aromatic carbocycles. The molecule has 86 valence electrons. The zero-order valence-corrected chi connectivity index (χ0v) is 8.69. The first-order valence-electron chi connectivity index (χ1n) is 4.03. The molecule has 0 atom stereocenters. The van der Waals surface area contributed by atoms with Crippen molar-refractivity contribution in [3.63, 3.8) is 0 Å². The zero-order valence-electron chi connectivity index (χ0n) is 7.80. The maximum absolute atomic E-state index is 12.5. The lowest BCUT2D eigenvalue weighted by Crippen LogP contribution is -2.15. The van der Waals surface area contributed by atoms with Crippen LogP contribution < -0.4 is 0 Å². The summed E-state index contributed by atoms with van der Waals surface area (Å²) in [4.78, 5) is 0. The Hall–Kier alpha value is -1.50. The van der Waals surface area contributed by atoms with E-state index in [4.69, 9.17) is 10.8 Å². The Morgan fingerprint density at radius 1 is 1.19 bits per heavy atom. The number of alkyl halides is 3. The van der Waals surface area contributed by atoms with Crippen molar-refractivity contribution in [1.82, 2.24) is 0 Å². The van der Waals surface area contributed by atoms with Gasteiger partial charge in [-0.2, -0.15) is 13.2 Å². The zero-order chi connectivity index (χ0) is 12.3. The van der Waals surface area contributed by atoms with E-state index in [1.54, 1.807) is 0 Å². The molecule has 1 rings (SSSR count). The van der Waals surface area contributed by atoms with E-state index in [0.29, 0.717) is 0 Å². The fourth-order valence-corrected chi connectivity index (χ4v) is 1.17. The molecular weight excluding hydrogens is 241 g/mol. The van der Waals surface area contributed by atoms with Gasteiger partial charge in [-0.3, -0.25) is 10.8 Å². The summed E-state index contributed by atoms with van der Waals surface area (Å²) < 4.78 is 42.0. The molecule has 0 spiro atoms. The summed E-state index contributed by atoms with van der Waals surface area (Å²) in [7, 11) is 0. The van der Waals surface area contributed by atoms with Crippen molar-refractivity contribution in [1.29, 1.82) is 10.8 Å². The van der Waals surface area contributed by atoms with Gasteiger partial charge in [0.15, 0.2) is 0 Å². The van der Waals surface area contributed by atoms with E-state index in [-0.39, 0.29) is 0 Å². The highest BCUT2D eigenvalue weighted by molar-refractivity contribution is 7.96. The number of hydrogen-bond donors (Lipinski definition) is 3. The van der Waals surface area contributed by atoms with E-state index < -0.39 is 28.4 Å². The number of halogens is 3. The average Bonchev–Trinajstić information content (AvgIpc) is 2.15. The molecule has 0 aliphatic heterocycles. The molecule has 0 fully saturated rings. The molecule has 1 aromatic rings. The summed E-state index contributed by atoms with van der Waals surface area (Å²) in [6.45, 7) is 0. The van der Waals surface area contributed by atoms with Crippen molar-refractivity contribution in [3.8, 4) is 0 Å². The van der Waals surface area contributed by atoms with Crippen molar-refractivity contribution in [2.45, 2.75) is 6.18 Å². The molecule has 0 saturated carbocycles. The van der Waals surface area contributed by atoms with E-state index in [2.05, 4.69) is 17.4 Å². The summed E-state index contributed by atoms with van der Waals surface area (Å²) in [5.74, 6) is -0.757. The molecule has 2 N–H and O–H groups in total. The number of benzene rings is 1. The van der Waals surface area contributed by atoms with Crippen LogP contribution in [0.5, 0.6) is 0 Å². The van der Waals surface area contributed by atoms with Gasteiger partial charge in [0, 0.05) is 5.56 Å². The van der Waals surface area contributed by atoms with E-state index in [1.165, 1.54) is 12.1 Å². The van der Waals surface area contributed by atoms with Gasteiger partial charge in [0.2, 0.25) is 11.1 Å². The van der Waals surface area contributed by atoms with E-state index in [1.807, 2.05) is 0 Å². The molecule has 7 heteroatoms. The molecule has 16 heavy (non-hydrogen) atoms. The molecule has 0 radical (unpaired) electrons. The number of rotatable bonds is 1. The van der Waals surface area contributed by atoms with Gasteiger partial charge in [-0.25, -0.2) is 0 Å². The Bertz CT molecular complexity index is 431. The van der Waals surface area contributed by atoms with Gasteiger partial charge in [0.25, 0.3) is 0 Å². The van der Waals surface area contributed by atoms with E-state index in [9.17, 15) is 13.2 Å². The molecule has 0 bridgehead atoms. The quantitative estimate of drug-likeness (QED) is 0.399. The summed E-state index contributed by atoms with van der Waals surface area (Å²) in [5, 5.41) is 13.5. The topological polar surface area (TPSA) is 56.9 Å². The van der Waals surface area contributed by atoms with Crippen molar-refractivity contribution < 1.29 is 17.9 Å². The third kappa shape index (κ3) is 2.99. The van der Waals surface area contributed by atoms with Crippen LogP contribution in [-0.4, -0.2) is 11.1 Å². The molecule has 0 aliphatic carbocycles. The number of thiol groups is 1. The van der Waals surface area contributed by atoms with E-state index in [0.717, 1.165) is 12.1 Å². The maximum atomic E-state index is 12.5. The van der Waals surface area contributed by atoms with Crippen molar-refractivity contribution in [2.24, 2.45) is 0 Å². The Morgan fingerprint density at radius 2 is 1.75 bits per heavy atom. The smallest absolute Gasteiger partial charge is 0.416 e. The Morgan fingerprint density at radius 3 is 2.25 bits per heavy atom. The fraction of sp³-hybridized carbons (Fsp3) is 0.111. The van der Waals surface area contributed by atoms with Crippen molar-refractivity contribution >= 4 is 23.8 Å². The normalized spacial score (nSPS) is 11.0. The van der Waals surface area contributed by atoms with Crippen LogP contribution in [0, 0.1) is 10.8 Å². The second-order valence-electron chi connectivity index (χ2n) is 2.78. The molecule has 0 saturated heterocycles. The molecule has 0 amide bonds. The number of ether oxygens (including phenoxy) is 1. The summed E-state index contributed by atoms with van der Waals surface area (Å²) in [5.41, 5.74) is -1.40. The highest BCUT2D eigenvalue weighted by atomic mass is 32.1. The van der Waals surface area contributed by atoms with Gasteiger partial charge >= 0.3 is 6.18 Å². The van der Waals surface area contributed by atoms with Gasteiger partial charge in [0.1, 0.15) is 0 Å². The minimum Gasteiger partial charge on any atom is -0.416 e. The first-order valence-corrected chi connectivity index (χ1v) is 4.47. The van der Waals surface area contributed by atoms with Crippen LogP contribution in [0.4, 0.5) is 13.2 Å². The highest BCUT2D eigenvalue weighted by Crippen LogP contribution is 2.32. The van der Waals surface area contributed by atoms with Crippen LogP contribution >= 0.6 is 12.6 Å². The second kappa shape index (κ2) is 4.56. The van der Waals surface area contributed by atoms with Crippen LogP contribution in [0.15, 0.2) is 24.3 Å². The third-order valence-electron chi connectivity index (χ3n) is 1.68. The van der Waals surface area contributed by atoms with Crippen LogP contribution in [0.3, 0.4) is 0 Å². The van der Waals surface area contributed by atoms with Crippen LogP contribution in [0.1, 0.15) is 11.1 Å². The van der Waals surface area contributed by atoms with Crippen molar-refractivity contribution in [2.75, 3.05) is 0 Å². The molecular formula is C9H7F3N2OS. The summed E-state index contributed by atoms with van der Waals surface area (Å²) in [6.07, 6.45) is -4.56. The van der Waals surface area contributed by atoms with Gasteiger partial charge in [0.05, 0.1) is 5.56 Å². The van der Waals surface area contributed by atoms with Gasteiger partial charge in [-0.15, -0.1) is 0 Å². The van der Waals surface area contributed by atoms with Crippen LogP contribution in [0.2, 0.25) is 0 Å². The van der Waals surface area contributed by atoms with E-state index >= 15 is 0 Å². The van der Waals surface area contributed by atoms with Gasteiger partial charge in [-0.1, -0.05) is 24.8 Å². The molecule has 0 aromatic heterocycles. The minimum atomic E-state index is -4.56.